The van der Waals surface area contributed by atoms with Gasteiger partial charge in [-0.25, -0.2) is 5.43 Å². The lowest BCUT2D eigenvalue weighted by Crippen LogP contribution is -2.25. The number of nitrogens with zero attached hydrogens (tertiary/aromatic N) is 1. The Hall–Kier alpha value is -2.16. The van der Waals surface area contributed by atoms with Crippen LogP contribution in [0.3, 0.4) is 0 Å². The maximum atomic E-state index is 12.1. The highest BCUT2D eigenvalue weighted by Crippen LogP contribution is 2.19. The fourth-order valence-corrected chi connectivity index (χ4v) is 1.97. The number of hydrogen-bond acceptors (Lipinski definition) is 2. The molecule has 0 radical (unpaired) electrons. The summed E-state index contributed by atoms with van der Waals surface area (Å²) in [7, 11) is 0. The summed E-state index contributed by atoms with van der Waals surface area (Å²) in [6.07, 6.45) is 0.336. The van der Waals surface area contributed by atoms with E-state index in [0.29, 0.717) is 6.42 Å². The van der Waals surface area contributed by atoms with Gasteiger partial charge in [-0.2, -0.15) is 5.10 Å². The molecule has 0 aliphatic carbocycles. The Kier molecular flexibility index (Phi) is 4.41. The van der Waals surface area contributed by atoms with Crippen molar-refractivity contribution in [1.82, 2.24) is 5.43 Å². The molecule has 0 atom stereocenters. The fraction of sp³-hybridized carbons (Fsp3) is 0.333. The molecule has 0 unspecified atom stereocenters. The molecule has 0 aliphatic heterocycles. The number of carbonyl (C=O) groups is 1. The molecule has 0 heterocycles. The van der Waals surface area contributed by atoms with Crippen LogP contribution in [0.5, 0.6) is 0 Å². The van der Waals surface area contributed by atoms with Crippen LogP contribution in [-0.4, -0.2) is 11.6 Å². The van der Waals surface area contributed by atoms with Gasteiger partial charge in [0.1, 0.15) is 0 Å². The fourth-order valence-electron chi connectivity index (χ4n) is 1.97. The van der Waals surface area contributed by atoms with Crippen LogP contribution in [0.25, 0.3) is 10.8 Å². The number of hydrazone groups is 1. The summed E-state index contributed by atoms with van der Waals surface area (Å²) in [6.45, 7) is 8.15. The molecule has 110 valence electrons. The van der Waals surface area contributed by atoms with E-state index in [4.69, 9.17) is 0 Å². The van der Waals surface area contributed by atoms with Crippen LogP contribution in [0.2, 0.25) is 0 Å². The van der Waals surface area contributed by atoms with Crippen molar-refractivity contribution >= 4 is 22.4 Å². The molecule has 2 rings (SSSR count). The Labute approximate surface area is 126 Å². The number of benzene rings is 2. The van der Waals surface area contributed by atoms with Gasteiger partial charge in [-0.15, -0.1) is 0 Å². The highest BCUT2D eigenvalue weighted by atomic mass is 16.2. The molecule has 1 amide bonds. The summed E-state index contributed by atoms with van der Waals surface area (Å²) in [4.78, 5) is 12.1. The van der Waals surface area contributed by atoms with Crippen LogP contribution in [-0.2, 0) is 11.2 Å². The lowest BCUT2D eigenvalue weighted by Gasteiger charge is -2.17. The average Bonchev–Trinajstić information content (AvgIpc) is 2.44. The first kappa shape index (κ1) is 15.2. The third kappa shape index (κ3) is 3.91. The van der Waals surface area contributed by atoms with Crippen molar-refractivity contribution < 1.29 is 4.79 Å². The van der Waals surface area contributed by atoms with Crippen molar-refractivity contribution in [3.8, 4) is 0 Å². The molecule has 0 spiro atoms. The standard InChI is InChI=1S/C18H22N2O/c1-13(18(2,3)4)19-20-17(21)12-15-10-7-9-14-8-5-6-11-16(14)15/h5-11H,12H2,1-4H3,(H,20,21). The second-order valence-electron chi connectivity index (χ2n) is 6.30. The molecular formula is C18H22N2O. The van der Waals surface area contributed by atoms with Crippen LogP contribution in [0.15, 0.2) is 47.6 Å². The second kappa shape index (κ2) is 6.08. The number of carbonyl (C=O) groups excluding carboxylic acids is 1. The molecule has 3 nitrogen and oxygen atoms in total. The van der Waals surface area contributed by atoms with E-state index in [1.165, 1.54) is 0 Å². The van der Waals surface area contributed by atoms with Gasteiger partial charge in [0.2, 0.25) is 5.91 Å². The normalized spacial score (nSPS) is 12.5. The third-order valence-electron chi connectivity index (χ3n) is 3.66. The van der Waals surface area contributed by atoms with Gasteiger partial charge in [0.15, 0.2) is 0 Å². The van der Waals surface area contributed by atoms with E-state index in [2.05, 4.69) is 43.4 Å². The Morgan fingerprint density at radius 3 is 2.48 bits per heavy atom. The zero-order valence-electron chi connectivity index (χ0n) is 13.1. The van der Waals surface area contributed by atoms with E-state index < -0.39 is 0 Å². The number of nitrogens with one attached hydrogen (secondary N) is 1. The molecule has 1 N–H and O–H groups in total. The molecule has 2 aromatic rings. The number of fused-ring (bicyclic) bond motifs is 1. The minimum Gasteiger partial charge on any atom is -0.273 e. The van der Waals surface area contributed by atoms with E-state index in [1.807, 2.05) is 37.3 Å². The smallest absolute Gasteiger partial charge is 0.244 e. The van der Waals surface area contributed by atoms with E-state index in [1.54, 1.807) is 0 Å². The lowest BCUT2D eigenvalue weighted by atomic mass is 9.91. The summed E-state index contributed by atoms with van der Waals surface area (Å²) in [5.41, 5.74) is 4.55. The Morgan fingerprint density at radius 2 is 1.76 bits per heavy atom. The minimum absolute atomic E-state index is 0.0350. The number of amides is 1. The van der Waals surface area contributed by atoms with Crippen molar-refractivity contribution in [2.45, 2.75) is 34.1 Å². The van der Waals surface area contributed by atoms with Crippen LogP contribution in [0, 0.1) is 5.41 Å². The maximum Gasteiger partial charge on any atom is 0.244 e. The molecule has 0 aromatic heterocycles. The van der Waals surface area contributed by atoms with E-state index in [-0.39, 0.29) is 11.3 Å². The zero-order valence-corrected chi connectivity index (χ0v) is 13.1. The van der Waals surface area contributed by atoms with Crippen molar-refractivity contribution in [1.29, 1.82) is 0 Å². The van der Waals surface area contributed by atoms with Crippen molar-refractivity contribution in [2.24, 2.45) is 10.5 Å². The quantitative estimate of drug-likeness (QED) is 0.673. The van der Waals surface area contributed by atoms with Crippen molar-refractivity contribution in [3.63, 3.8) is 0 Å². The van der Waals surface area contributed by atoms with E-state index in [0.717, 1.165) is 22.0 Å². The maximum absolute atomic E-state index is 12.1. The first-order valence-electron chi connectivity index (χ1n) is 7.18. The molecule has 2 aromatic carbocycles. The van der Waals surface area contributed by atoms with Crippen molar-refractivity contribution in [2.75, 3.05) is 0 Å². The first-order valence-corrected chi connectivity index (χ1v) is 7.18. The largest absolute Gasteiger partial charge is 0.273 e. The van der Waals surface area contributed by atoms with Gasteiger partial charge in [0, 0.05) is 11.1 Å². The van der Waals surface area contributed by atoms with E-state index in [9.17, 15) is 4.79 Å². The van der Waals surface area contributed by atoms with Crippen molar-refractivity contribution in [3.05, 3.63) is 48.0 Å². The SMILES string of the molecule is CC(=NNC(=O)Cc1cccc2ccccc12)C(C)(C)C. The Balaban J connectivity index is 2.12. The van der Waals surface area contributed by atoms with E-state index >= 15 is 0 Å². The summed E-state index contributed by atoms with van der Waals surface area (Å²) >= 11 is 0. The zero-order chi connectivity index (χ0) is 15.5. The van der Waals surface area contributed by atoms with Gasteiger partial charge in [0.05, 0.1) is 6.42 Å². The van der Waals surface area contributed by atoms with Crippen LogP contribution < -0.4 is 5.43 Å². The molecular weight excluding hydrogens is 260 g/mol. The van der Waals surface area contributed by atoms with Gasteiger partial charge in [-0.05, 0) is 23.3 Å². The molecule has 0 aliphatic rings. The monoisotopic (exact) mass is 282 g/mol. The van der Waals surface area contributed by atoms with Gasteiger partial charge >= 0.3 is 0 Å². The highest BCUT2D eigenvalue weighted by molar-refractivity contribution is 5.91. The van der Waals surface area contributed by atoms with Gasteiger partial charge in [0.25, 0.3) is 0 Å². The Morgan fingerprint density at radius 1 is 1.10 bits per heavy atom. The minimum atomic E-state index is -0.0880. The number of hydrogen-bond donors (Lipinski definition) is 1. The summed E-state index contributed by atoms with van der Waals surface area (Å²) in [5, 5.41) is 6.46. The number of rotatable bonds is 3. The lowest BCUT2D eigenvalue weighted by molar-refractivity contribution is -0.120. The summed E-state index contributed by atoms with van der Waals surface area (Å²) in [6, 6.07) is 14.1. The molecule has 0 saturated heterocycles. The molecule has 0 bridgehead atoms. The second-order valence-corrected chi connectivity index (χ2v) is 6.30. The van der Waals surface area contributed by atoms with Crippen LogP contribution in [0.1, 0.15) is 33.3 Å². The van der Waals surface area contributed by atoms with Crippen LogP contribution >= 0.6 is 0 Å². The first-order chi connectivity index (χ1) is 9.88. The summed E-state index contributed by atoms with van der Waals surface area (Å²) < 4.78 is 0. The molecule has 3 heteroatoms. The predicted octanol–water partition coefficient (Wildman–Crippen LogP) is 3.92. The third-order valence-corrected chi connectivity index (χ3v) is 3.66. The average molecular weight is 282 g/mol. The Bertz CT molecular complexity index is 676. The van der Waals surface area contributed by atoms with Crippen LogP contribution in [0.4, 0.5) is 0 Å². The summed E-state index contributed by atoms with van der Waals surface area (Å²) in [5.74, 6) is -0.0880. The molecule has 21 heavy (non-hydrogen) atoms. The molecule has 0 fully saturated rings. The molecule has 0 saturated carbocycles. The van der Waals surface area contributed by atoms with Gasteiger partial charge < -0.3 is 0 Å². The highest BCUT2D eigenvalue weighted by Gasteiger charge is 2.14. The predicted molar refractivity (Wildman–Crippen MR) is 88.4 cm³/mol. The topological polar surface area (TPSA) is 41.5 Å². The van der Waals surface area contributed by atoms with Gasteiger partial charge in [-0.3, -0.25) is 4.79 Å². The van der Waals surface area contributed by atoms with Gasteiger partial charge in [-0.1, -0.05) is 63.2 Å².